The first-order chi connectivity index (χ1) is 24.3. The summed E-state index contributed by atoms with van der Waals surface area (Å²) >= 11 is 0. The van der Waals surface area contributed by atoms with Crippen LogP contribution in [0.2, 0.25) is 0 Å². The van der Waals surface area contributed by atoms with Gasteiger partial charge in [0.1, 0.15) is 29.6 Å². The van der Waals surface area contributed by atoms with Gasteiger partial charge in [0.25, 0.3) is 0 Å². The predicted octanol–water partition coefficient (Wildman–Crippen LogP) is 10.3. The van der Waals surface area contributed by atoms with E-state index in [4.69, 9.17) is 14.7 Å². The van der Waals surface area contributed by atoms with Gasteiger partial charge in [-0.3, -0.25) is 9.56 Å². The van der Waals surface area contributed by atoms with E-state index < -0.39 is 0 Å². The molecule has 0 fully saturated rings. The topological polar surface area (TPSA) is 59.6 Å². The third kappa shape index (κ3) is 5.70. The smallest absolute Gasteiger partial charge is 0.148 e. The minimum absolute atomic E-state index is 0. The second kappa shape index (κ2) is 12.8. The molecule has 254 valence electrons. The molecule has 1 N–H and O–H groups in total. The SMILES string of the molecule is CC(C)(C)c1ccc(-n2c(-c3cccc(-c4ccccc4)c3O)nc3c(-c4[c-]c(C5=N[C@H]6c7ccccc7C[C@H]6O5)ccc4)cccc32)cc1.[Pt]. The van der Waals surface area contributed by atoms with Gasteiger partial charge in [-0.05, 0) is 51.9 Å². The molecule has 51 heavy (non-hydrogen) atoms. The zero-order chi connectivity index (χ0) is 34.0. The summed E-state index contributed by atoms with van der Waals surface area (Å²) in [6, 6.07) is 49.0. The van der Waals surface area contributed by atoms with Crippen molar-refractivity contribution in [3.05, 3.63) is 162 Å². The molecule has 2 aliphatic rings. The van der Waals surface area contributed by atoms with Gasteiger partial charge in [0.15, 0.2) is 0 Å². The molecule has 0 unspecified atom stereocenters. The number of aromatic hydroxyl groups is 1. The number of fused-ring (bicyclic) bond motifs is 4. The van der Waals surface area contributed by atoms with Crippen molar-refractivity contribution in [3.8, 4) is 45.1 Å². The minimum Gasteiger partial charge on any atom is -0.507 e. The number of aliphatic imine (C=N–C) groups is 1. The Morgan fingerprint density at radius 2 is 1.41 bits per heavy atom. The predicted molar refractivity (Wildman–Crippen MR) is 201 cm³/mol. The number of aromatic nitrogens is 2. The summed E-state index contributed by atoms with van der Waals surface area (Å²) in [5.41, 5.74) is 11.6. The zero-order valence-corrected chi connectivity index (χ0v) is 30.8. The van der Waals surface area contributed by atoms with Crippen LogP contribution >= 0.6 is 0 Å². The van der Waals surface area contributed by atoms with Gasteiger partial charge in [0, 0.05) is 38.7 Å². The molecule has 6 heteroatoms. The number of hydrogen-bond donors (Lipinski definition) is 1. The summed E-state index contributed by atoms with van der Waals surface area (Å²) in [6.45, 7) is 6.66. The molecule has 9 rings (SSSR count). The summed E-state index contributed by atoms with van der Waals surface area (Å²) in [5.74, 6) is 1.49. The van der Waals surface area contributed by atoms with Crippen LogP contribution in [0.15, 0.2) is 138 Å². The van der Waals surface area contributed by atoms with Gasteiger partial charge in [-0.25, -0.2) is 4.98 Å². The third-order valence-corrected chi connectivity index (χ3v) is 10.0. The number of phenols is 1. The Kier molecular flexibility index (Phi) is 8.27. The van der Waals surface area contributed by atoms with Crippen LogP contribution in [0.25, 0.3) is 50.4 Å². The summed E-state index contributed by atoms with van der Waals surface area (Å²) in [6.07, 6.45) is 0.882. The molecule has 5 nitrogen and oxygen atoms in total. The second-order valence-corrected chi connectivity index (χ2v) is 14.2. The average molecular weight is 846 g/mol. The maximum atomic E-state index is 11.8. The largest absolute Gasteiger partial charge is 0.507 e. The molecule has 1 aliphatic carbocycles. The van der Waals surface area contributed by atoms with E-state index in [0.717, 1.165) is 51.0 Å². The van der Waals surface area contributed by atoms with Gasteiger partial charge < -0.3 is 9.84 Å². The van der Waals surface area contributed by atoms with Crippen molar-refractivity contribution in [2.45, 2.75) is 44.8 Å². The molecule has 0 radical (unpaired) electrons. The normalized spacial score (nSPS) is 16.3. The number of imidazole rings is 1. The van der Waals surface area contributed by atoms with E-state index in [9.17, 15) is 5.11 Å². The maximum absolute atomic E-state index is 11.8. The fourth-order valence-electron chi connectivity index (χ4n) is 7.42. The standard InChI is InChI=1S/C45H36N3O2.Pt/c1-45(2,3)32-22-24-33(25-23-32)48-38-21-11-18-34(40(38)46-43(48)37-20-10-19-36(42(37)49)28-12-5-4-6-13-28)29-15-9-16-31(26-29)44-47-41-35-17-8-7-14-30(35)27-39(41)50-44;/h4-25,39,41,49H,27H2,1-3H3;/q-1;/t39-,41+;/m1./s1. The molecule has 0 amide bonds. The number of para-hydroxylation sites is 2. The van der Waals surface area contributed by atoms with Gasteiger partial charge in [-0.2, -0.15) is 0 Å². The molecule has 0 bridgehead atoms. The Balaban J connectivity index is 0.00000374. The molecule has 0 saturated carbocycles. The molecule has 6 aromatic carbocycles. The molecular formula is C45H36N3O2Pt-. The number of benzene rings is 6. The van der Waals surface area contributed by atoms with E-state index in [1.54, 1.807) is 0 Å². The van der Waals surface area contributed by atoms with E-state index in [0.29, 0.717) is 17.3 Å². The summed E-state index contributed by atoms with van der Waals surface area (Å²) in [7, 11) is 0. The first-order valence-electron chi connectivity index (χ1n) is 17.2. The average Bonchev–Trinajstić information content (AvgIpc) is 3.83. The quantitative estimate of drug-likeness (QED) is 0.176. The second-order valence-electron chi connectivity index (χ2n) is 14.2. The van der Waals surface area contributed by atoms with Crippen molar-refractivity contribution in [2.24, 2.45) is 4.99 Å². The Morgan fingerprint density at radius 1 is 0.725 bits per heavy atom. The first-order valence-corrected chi connectivity index (χ1v) is 17.2. The summed E-state index contributed by atoms with van der Waals surface area (Å²) < 4.78 is 8.59. The molecule has 0 spiro atoms. The Hall–Kier alpha value is -5.25. The van der Waals surface area contributed by atoms with Crippen molar-refractivity contribution in [1.29, 1.82) is 0 Å². The number of rotatable bonds is 5. The van der Waals surface area contributed by atoms with Gasteiger partial charge in [0.05, 0.1) is 16.6 Å². The van der Waals surface area contributed by atoms with Crippen LogP contribution in [-0.2, 0) is 37.6 Å². The van der Waals surface area contributed by atoms with Gasteiger partial charge in [-0.1, -0.05) is 123 Å². The molecule has 2 heterocycles. The van der Waals surface area contributed by atoms with Crippen LogP contribution in [0.3, 0.4) is 0 Å². The molecule has 0 saturated heterocycles. The molecule has 1 aliphatic heterocycles. The summed E-state index contributed by atoms with van der Waals surface area (Å²) in [5, 5.41) is 11.8. The van der Waals surface area contributed by atoms with E-state index in [1.165, 1.54) is 16.7 Å². The number of nitrogens with zero attached hydrogens (tertiary/aromatic N) is 3. The van der Waals surface area contributed by atoms with E-state index in [1.807, 2.05) is 60.7 Å². The van der Waals surface area contributed by atoms with E-state index in [-0.39, 0.29) is 44.4 Å². The van der Waals surface area contributed by atoms with Crippen molar-refractivity contribution in [2.75, 3.05) is 0 Å². The van der Waals surface area contributed by atoms with Crippen LogP contribution in [-0.4, -0.2) is 26.7 Å². The maximum Gasteiger partial charge on any atom is 0.148 e. The third-order valence-electron chi connectivity index (χ3n) is 10.0. The first kappa shape index (κ1) is 32.9. The number of phenolic OH excluding ortho intramolecular Hbond substituents is 1. The van der Waals surface area contributed by atoms with Gasteiger partial charge >= 0.3 is 0 Å². The van der Waals surface area contributed by atoms with Crippen molar-refractivity contribution >= 4 is 16.9 Å². The van der Waals surface area contributed by atoms with Gasteiger partial charge in [-0.15, -0.1) is 29.8 Å². The van der Waals surface area contributed by atoms with Crippen molar-refractivity contribution in [1.82, 2.24) is 9.55 Å². The number of hydrogen-bond acceptors (Lipinski definition) is 4. The van der Waals surface area contributed by atoms with E-state index in [2.05, 4.69) is 104 Å². The van der Waals surface area contributed by atoms with E-state index >= 15 is 0 Å². The van der Waals surface area contributed by atoms with Crippen LogP contribution in [0.4, 0.5) is 0 Å². The minimum atomic E-state index is 0. The van der Waals surface area contributed by atoms with Crippen LogP contribution in [0.5, 0.6) is 5.75 Å². The van der Waals surface area contributed by atoms with Crippen molar-refractivity contribution < 1.29 is 30.9 Å². The van der Waals surface area contributed by atoms with Crippen LogP contribution < -0.4 is 0 Å². The molecule has 7 aromatic rings. The van der Waals surface area contributed by atoms with Crippen molar-refractivity contribution in [3.63, 3.8) is 0 Å². The number of ether oxygens (including phenoxy) is 1. The van der Waals surface area contributed by atoms with Crippen LogP contribution in [0, 0.1) is 6.07 Å². The Bertz CT molecular complexity index is 2440. The summed E-state index contributed by atoms with van der Waals surface area (Å²) in [4.78, 5) is 10.4. The Labute approximate surface area is 312 Å². The molecular weight excluding hydrogens is 810 g/mol. The fourth-order valence-corrected chi connectivity index (χ4v) is 7.42. The van der Waals surface area contributed by atoms with Crippen LogP contribution in [0.1, 0.15) is 49.1 Å². The monoisotopic (exact) mass is 845 g/mol. The fraction of sp³-hybridized carbons (Fsp3) is 0.156. The molecule has 1 aromatic heterocycles. The zero-order valence-electron chi connectivity index (χ0n) is 28.6. The Morgan fingerprint density at radius 3 is 2.22 bits per heavy atom. The molecule has 2 atom stereocenters. The van der Waals surface area contributed by atoms with Gasteiger partial charge in [0.2, 0.25) is 0 Å².